The van der Waals surface area contributed by atoms with Crippen LogP contribution in [-0.4, -0.2) is 31.2 Å². The molecule has 0 aromatic heterocycles. The monoisotopic (exact) mass is 363 g/mol. The lowest BCUT2D eigenvalue weighted by Gasteiger charge is -2.36. The van der Waals surface area contributed by atoms with Crippen LogP contribution in [0, 0.1) is 6.92 Å². The molecule has 2 aromatic rings. The summed E-state index contributed by atoms with van der Waals surface area (Å²) in [7, 11) is 0. The molecule has 0 spiro atoms. The van der Waals surface area contributed by atoms with Gasteiger partial charge in [0.25, 0.3) is 5.91 Å². The zero-order valence-electron chi connectivity index (χ0n) is 16.0. The third-order valence-corrected chi connectivity index (χ3v) is 5.07. The van der Waals surface area contributed by atoms with E-state index in [9.17, 15) is 4.79 Å². The summed E-state index contributed by atoms with van der Waals surface area (Å²) >= 11 is 0. The summed E-state index contributed by atoms with van der Waals surface area (Å²) in [5.41, 5.74) is 5.75. The summed E-state index contributed by atoms with van der Waals surface area (Å²) in [5.74, 6) is -0.0697. The number of fused-ring (bicyclic) bond motifs is 1. The molecule has 2 atom stereocenters. The van der Waals surface area contributed by atoms with E-state index in [2.05, 4.69) is 41.5 Å². The Kier molecular flexibility index (Phi) is 4.62. The summed E-state index contributed by atoms with van der Waals surface area (Å²) < 4.78 is 5.81. The summed E-state index contributed by atoms with van der Waals surface area (Å²) in [6, 6.07) is 14.2. The fraction of sp³-hybridized carbons (Fsp3) is 0.318. The number of ether oxygens (including phenoxy) is 1. The Bertz CT molecular complexity index is 879. The minimum absolute atomic E-state index is 0.0697. The lowest BCUT2D eigenvalue weighted by Crippen LogP contribution is -2.45. The molecule has 2 heterocycles. The summed E-state index contributed by atoms with van der Waals surface area (Å²) in [5, 5.41) is 6.19. The van der Waals surface area contributed by atoms with Crippen molar-refractivity contribution in [1.82, 2.24) is 0 Å². The van der Waals surface area contributed by atoms with Crippen molar-refractivity contribution in [3.63, 3.8) is 0 Å². The average molecular weight is 363 g/mol. The number of carbonyl (C=O) groups excluding carboxylic acids is 1. The molecule has 2 aliphatic heterocycles. The molecular weight excluding hydrogens is 338 g/mol. The Labute approximate surface area is 160 Å². The van der Waals surface area contributed by atoms with Crippen LogP contribution in [0.2, 0.25) is 0 Å². The van der Waals surface area contributed by atoms with E-state index in [0.29, 0.717) is 5.57 Å². The highest BCUT2D eigenvalue weighted by atomic mass is 16.5. The van der Waals surface area contributed by atoms with Crippen molar-refractivity contribution in [3.8, 4) is 0 Å². The molecule has 27 heavy (non-hydrogen) atoms. The molecule has 0 saturated carbocycles. The normalized spacial score (nSPS) is 23.3. The standard InChI is InChI=1S/C22H25N3O2/c1-14-5-4-6-20-21(14)19(22(26)24-20)11-23-17-7-9-18(10-8-17)25-12-15(2)27-16(3)13-25/h4-11,15-16,23H,12-13H2,1-3H3,(H,24,26)/b19-11+. The summed E-state index contributed by atoms with van der Waals surface area (Å²) in [6.07, 6.45) is 2.27. The number of nitrogens with zero attached hydrogens (tertiary/aromatic N) is 1. The molecule has 1 saturated heterocycles. The van der Waals surface area contributed by atoms with Crippen LogP contribution in [0.3, 0.4) is 0 Å². The van der Waals surface area contributed by atoms with Crippen molar-refractivity contribution in [2.45, 2.75) is 33.0 Å². The maximum atomic E-state index is 12.3. The predicted molar refractivity (Wildman–Crippen MR) is 110 cm³/mol. The molecule has 0 aliphatic carbocycles. The number of aryl methyl sites for hydroxylation is 1. The van der Waals surface area contributed by atoms with Gasteiger partial charge in [-0.2, -0.15) is 0 Å². The van der Waals surface area contributed by atoms with E-state index >= 15 is 0 Å². The fourth-order valence-electron chi connectivity index (χ4n) is 3.88. The largest absolute Gasteiger partial charge is 0.372 e. The second-order valence-corrected chi connectivity index (χ2v) is 7.36. The van der Waals surface area contributed by atoms with E-state index < -0.39 is 0 Å². The molecule has 140 valence electrons. The van der Waals surface area contributed by atoms with Crippen LogP contribution >= 0.6 is 0 Å². The van der Waals surface area contributed by atoms with Crippen molar-refractivity contribution in [3.05, 3.63) is 59.8 Å². The zero-order chi connectivity index (χ0) is 19.0. The fourth-order valence-corrected chi connectivity index (χ4v) is 3.88. The number of carbonyl (C=O) groups is 1. The van der Waals surface area contributed by atoms with E-state index in [4.69, 9.17) is 4.74 Å². The van der Waals surface area contributed by atoms with Gasteiger partial charge in [0.2, 0.25) is 0 Å². The summed E-state index contributed by atoms with van der Waals surface area (Å²) in [6.45, 7) is 8.04. The smallest absolute Gasteiger partial charge is 0.257 e. The molecule has 2 aromatic carbocycles. The maximum Gasteiger partial charge on any atom is 0.257 e. The first kappa shape index (κ1) is 17.6. The zero-order valence-corrected chi connectivity index (χ0v) is 16.0. The topological polar surface area (TPSA) is 53.6 Å². The van der Waals surface area contributed by atoms with Gasteiger partial charge >= 0.3 is 0 Å². The first-order valence-electron chi connectivity index (χ1n) is 9.40. The Morgan fingerprint density at radius 2 is 1.81 bits per heavy atom. The van der Waals surface area contributed by atoms with Gasteiger partial charge in [0.1, 0.15) is 0 Å². The highest BCUT2D eigenvalue weighted by Crippen LogP contribution is 2.34. The lowest BCUT2D eigenvalue weighted by molar-refractivity contribution is -0.110. The van der Waals surface area contributed by atoms with Gasteiger partial charge in [-0.05, 0) is 56.7 Å². The number of hydrogen-bond acceptors (Lipinski definition) is 4. The Balaban J connectivity index is 1.50. The third-order valence-electron chi connectivity index (χ3n) is 5.07. The van der Waals surface area contributed by atoms with Gasteiger partial charge in [-0.1, -0.05) is 12.1 Å². The number of anilines is 3. The van der Waals surface area contributed by atoms with Crippen molar-refractivity contribution >= 4 is 28.5 Å². The molecule has 2 unspecified atom stereocenters. The quantitative estimate of drug-likeness (QED) is 0.809. The molecule has 2 N–H and O–H groups in total. The van der Waals surface area contributed by atoms with Crippen molar-refractivity contribution in [1.29, 1.82) is 0 Å². The van der Waals surface area contributed by atoms with Crippen molar-refractivity contribution in [2.75, 3.05) is 28.6 Å². The van der Waals surface area contributed by atoms with Crippen LogP contribution in [0.25, 0.3) is 5.57 Å². The second-order valence-electron chi connectivity index (χ2n) is 7.36. The van der Waals surface area contributed by atoms with Gasteiger partial charge in [0, 0.05) is 41.9 Å². The predicted octanol–water partition coefficient (Wildman–Crippen LogP) is 4.01. The number of amides is 1. The van der Waals surface area contributed by atoms with Crippen LogP contribution in [-0.2, 0) is 9.53 Å². The van der Waals surface area contributed by atoms with E-state index in [1.165, 1.54) is 5.69 Å². The van der Waals surface area contributed by atoms with Gasteiger partial charge in [0.15, 0.2) is 0 Å². The summed E-state index contributed by atoms with van der Waals surface area (Å²) in [4.78, 5) is 14.6. The van der Waals surface area contributed by atoms with E-state index in [-0.39, 0.29) is 18.1 Å². The number of morpholine rings is 1. The highest BCUT2D eigenvalue weighted by Gasteiger charge is 2.25. The third kappa shape index (κ3) is 3.55. The Hall–Kier alpha value is -2.79. The molecular formula is C22H25N3O2. The van der Waals surface area contributed by atoms with Crippen LogP contribution in [0.15, 0.2) is 48.7 Å². The van der Waals surface area contributed by atoms with Crippen molar-refractivity contribution in [2.24, 2.45) is 0 Å². The number of rotatable bonds is 3. The van der Waals surface area contributed by atoms with Gasteiger partial charge in [0.05, 0.1) is 17.8 Å². The molecule has 0 radical (unpaired) electrons. The van der Waals surface area contributed by atoms with Crippen LogP contribution in [0.1, 0.15) is 25.0 Å². The second kappa shape index (κ2) is 7.08. The first-order chi connectivity index (χ1) is 13.0. The van der Waals surface area contributed by atoms with E-state index in [0.717, 1.165) is 35.6 Å². The number of benzene rings is 2. The lowest BCUT2D eigenvalue weighted by atomic mass is 10.0. The van der Waals surface area contributed by atoms with Gasteiger partial charge in [-0.3, -0.25) is 4.79 Å². The Morgan fingerprint density at radius 3 is 2.52 bits per heavy atom. The molecule has 4 rings (SSSR count). The van der Waals surface area contributed by atoms with Gasteiger partial charge in [-0.15, -0.1) is 0 Å². The molecule has 5 heteroatoms. The Morgan fingerprint density at radius 1 is 1.11 bits per heavy atom. The minimum Gasteiger partial charge on any atom is -0.372 e. The highest BCUT2D eigenvalue weighted by molar-refractivity contribution is 6.32. The average Bonchev–Trinajstić information content (AvgIpc) is 2.96. The minimum atomic E-state index is -0.0697. The van der Waals surface area contributed by atoms with Crippen LogP contribution in [0.4, 0.5) is 17.1 Å². The molecule has 1 fully saturated rings. The SMILES string of the molecule is Cc1cccc2c1/C(=C\Nc1ccc(N3CC(C)OC(C)C3)cc1)C(=O)N2. The van der Waals surface area contributed by atoms with Crippen LogP contribution in [0.5, 0.6) is 0 Å². The molecule has 2 aliphatic rings. The van der Waals surface area contributed by atoms with Gasteiger partial charge < -0.3 is 20.3 Å². The molecule has 5 nitrogen and oxygen atoms in total. The van der Waals surface area contributed by atoms with Crippen molar-refractivity contribution < 1.29 is 9.53 Å². The van der Waals surface area contributed by atoms with E-state index in [1.807, 2.05) is 37.3 Å². The maximum absolute atomic E-state index is 12.3. The molecule has 0 bridgehead atoms. The van der Waals surface area contributed by atoms with E-state index in [1.54, 1.807) is 6.20 Å². The van der Waals surface area contributed by atoms with Crippen LogP contribution < -0.4 is 15.5 Å². The molecule has 1 amide bonds. The number of nitrogens with one attached hydrogen (secondary N) is 2. The first-order valence-corrected chi connectivity index (χ1v) is 9.40. The van der Waals surface area contributed by atoms with Gasteiger partial charge in [-0.25, -0.2) is 0 Å². The number of hydrogen-bond donors (Lipinski definition) is 2.